The highest BCUT2D eigenvalue weighted by Gasteiger charge is 1.82. The largest absolute Gasteiger partial charge is 0.0845 e. The molecule has 0 aliphatic heterocycles. The van der Waals surface area contributed by atoms with Gasteiger partial charge in [0.25, 0.3) is 0 Å². The summed E-state index contributed by atoms with van der Waals surface area (Å²) in [6.07, 6.45) is 58.0. The van der Waals surface area contributed by atoms with Gasteiger partial charge in [-0.3, -0.25) is 0 Å². The van der Waals surface area contributed by atoms with Crippen LogP contribution in [0.5, 0.6) is 0 Å². The maximum atomic E-state index is 2.23. The standard InChI is InChI=1S/C30H34/c1-2-4-6-8-10-12-14-16-18-20-22-24-26-28-30-29-27-25-23-21-19-17-15-13-11-9-7-5-3-1/h1-26H,27-30H2/b2-1+,5-3-,6-4+,9-7+,10-8+,13-11+,14-12+,17-15+,18-16-,21-19+,22-20+,25-23-,26-24?. The molecule has 0 aromatic carbocycles. The van der Waals surface area contributed by atoms with Gasteiger partial charge in [-0.2, -0.15) is 0 Å². The zero-order valence-electron chi connectivity index (χ0n) is 17.8. The second-order valence-corrected chi connectivity index (χ2v) is 6.37. The highest BCUT2D eigenvalue weighted by molar-refractivity contribution is 5.23. The van der Waals surface area contributed by atoms with Crippen molar-refractivity contribution in [1.29, 1.82) is 0 Å². The highest BCUT2D eigenvalue weighted by Crippen LogP contribution is 2.02. The molecule has 0 saturated heterocycles. The number of hydrogen-bond acceptors (Lipinski definition) is 0. The van der Waals surface area contributed by atoms with Crippen molar-refractivity contribution in [2.75, 3.05) is 0 Å². The Balaban J connectivity index is 2.56. The summed E-state index contributed by atoms with van der Waals surface area (Å²) in [6.45, 7) is 0. The maximum absolute atomic E-state index is 2.23. The zero-order chi connectivity index (χ0) is 21.2. The molecule has 0 aromatic rings. The third-order valence-corrected chi connectivity index (χ3v) is 3.82. The van der Waals surface area contributed by atoms with E-state index >= 15 is 0 Å². The fourth-order valence-corrected chi connectivity index (χ4v) is 2.29. The van der Waals surface area contributed by atoms with Gasteiger partial charge in [-0.15, -0.1) is 0 Å². The van der Waals surface area contributed by atoms with Crippen LogP contribution >= 0.6 is 0 Å². The molecule has 0 saturated carbocycles. The molecular weight excluding hydrogens is 360 g/mol. The van der Waals surface area contributed by atoms with Crippen LogP contribution in [0.1, 0.15) is 25.7 Å². The van der Waals surface area contributed by atoms with E-state index in [1.54, 1.807) is 0 Å². The van der Waals surface area contributed by atoms with Gasteiger partial charge in [-0.25, -0.2) is 0 Å². The molecular formula is C30H34. The molecule has 0 unspecified atom stereocenters. The fourth-order valence-electron chi connectivity index (χ4n) is 2.29. The molecule has 0 radical (unpaired) electrons. The van der Waals surface area contributed by atoms with E-state index in [1.807, 2.05) is 109 Å². The zero-order valence-corrected chi connectivity index (χ0v) is 17.8. The van der Waals surface area contributed by atoms with E-state index in [0.29, 0.717) is 0 Å². The van der Waals surface area contributed by atoms with Crippen LogP contribution in [0.25, 0.3) is 0 Å². The highest BCUT2D eigenvalue weighted by atomic mass is 13.9. The molecule has 0 nitrogen and oxygen atoms in total. The minimum absolute atomic E-state index is 1.13. The quantitative estimate of drug-likeness (QED) is 0.385. The average Bonchev–Trinajstić information content (AvgIpc) is 2.76. The second kappa shape index (κ2) is 21.9. The van der Waals surface area contributed by atoms with Crippen molar-refractivity contribution in [2.24, 2.45) is 0 Å². The van der Waals surface area contributed by atoms with Gasteiger partial charge < -0.3 is 0 Å². The first-order valence-electron chi connectivity index (χ1n) is 10.6. The summed E-state index contributed by atoms with van der Waals surface area (Å²) < 4.78 is 0. The monoisotopic (exact) mass is 394 g/mol. The Hall–Kier alpha value is -3.38. The Morgan fingerprint density at radius 3 is 0.567 bits per heavy atom. The first-order valence-corrected chi connectivity index (χ1v) is 10.6. The molecule has 0 heteroatoms. The Morgan fingerprint density at radius 2 is 0.367 bits per heavy atom. The van der Waals surface area contributed by atoms with Crippen LogP contribution in [0.4, 0.5) is 0 Å². The van der Waals surface area contributed by atoms with E-state index in [-0.39, 0.29) is 0 Å². The molecule has 0 fully saturated rings. The second-order valence-electron chi connectivity index (χ2n) is 6.37. The van der Waals surface area contributed by atoms with Gasteiger partial charge >= 0.3 is 0 Å². The molecule has 0 amide bonds. The smallest absolute Gasteiger partial charge is 0.0347 e. The molecule has 0 bridgehead atoms. The summed E-state index contributed by atoms with van der Waals surface area (Å²) in [7, 11) is 0. The van der Waals surface area contributed by atoms with Crippen molar-refractivity contribution in [3.8, 4) is 0 Å². The summed E-state index contributed by atoms with van der Waals surface area (Å²) in [5.74, 6) is 0. The molecule has 0 atom stereocenters. The average molecular weight is 395 g/mol. The van der Waals surface area contributed by atoms with Crippen molar-refractivity contribution in [3.05, 3.63) is 158 Å². The van der Waals surface area contributed by atoms with Crippen molar-refractivity contribution in [3.63, 3.8) is 0 Å². The van der Waals surface area contributed by atoms with E-state index in [9.17, 15) is 0 Å². The Bertz CT molecular complexity index is 723. The molecule has 30 heavy (non-hydrogen) atoms. The SMILES string of the molecule is C1=CCCCC\C=C/C=C/C=C/C=C/C=C/C=C\C=C\C=C\C=C\C=C\C=C/C=C/1. The number of allylic oxidation sites excluding steroid dienone is 26. The number of rotatable bonds is 0. The lowest BCUT2D eigenvalue weighted by Crippen LogP contribution is -1.71. The molecule has 0 heterocycles. The van der Waals surface area contributed by atoms with Gasteiger partial charge in [-0.05, 0) is 25.7 Å². The molecule has 1 aliphatic carbocycles. The molecule has 1 aliphatic rings. The molecule has 0 aromatic heterocycles. The van der Waals surface area contributed by atoms with E-state index < -0.39 is 0 Å². The third kappa shape index (κ3) is 19.4. The fraction of sp³-hybridized carbons (Fsp3) is 0.133. The summed E-state index contributed by atoms with van der Waals surface area (Å²) >= 11 is 0. The molecule has 0 spiro atoms. The predicted octanol–water partition coefficient (Wildman–Crippen LogP) is 8.79. The van der Waals surface area contributed by atoms with Gasteiger partial charge in [-0.1, -0.05) is 158 Å². The summed E-state index contributed by atoms with van der Waals surface area (Å²) in [5, 5.41) is 0. The number of hydrogen-bond donors (Lipinski definition) is 0. The van der Waals surface area contributed by atoms with Crippen LogP contribution in [0.15, 0.2) is 158 Å². The van der Waals surface area contributed by atoms with Crippen molar-refractivity contribution in [2.45, 2.75) is 25.7 Å². The van der Waals surface area contributed by atoms with Crippen LogP contribution in [0.2, 0.25) is 0 Å². The van der Waals surface area contributed by atoms with Crippen molar-refractivity contribution >= 4 is 0 Å². The third-order valence-electron chi connectivity index (χ3n) is 3.82. The lowest BCUT2D eigenvalue weighted by Gasteiger charge is -1.91. The topological polar surface area (TPSA) is 0 Å². The predicted molar refractivity (Wildman–Crippen MR) is 137 cm³/mol. The Kier molecular flexibility index (Phi) is 18.0. The van der Waals surface area contributed by atoms with Crippen LogP contribution in [0, 0.1) is 0 Å². The maximum Gasteiger partial charge on any atom is -0.0347 e. The summed E-state index contributed by atoms with van der Waals surface area (Å²) in [4.78, 5) is 0. The van der Waals surface area contributed by atoms with Gasteiger partial charge in [0.15, 0.2) is 0 Å². The van der Waals surface area contributed by atoms with Gasteiger partial charge in [0, 0.05) is 0 Å². The summed E-state index contributed by atoms with van der Waals surface area (Å²) in [6, 6.07) is 0. The van der Waals surface area contributed by atoms with E-state index in [1.165, 1.54) is 12.8 Å². The molecule has 0 N–H and O–H groups in total. The first kappa shape index (κ1) is 24.7. The van der Waals surface area contributed by atoms with Gasteiger partial charge in [0.2, 0.25) is 0 Å². The molecule has 1 rings (SSSR count). The van der Waals surface area contributed by atoms with Crippen LogP contribution < -0.4 is 0 Å². The van der Waals surface area contributed by atoms with E-state index in [0.717, 1.165) is 12.8 Å². The molecule has 154 valence electrons. The van der Waals surface area contributed by atoms with Crippen molar-refractivity contribution < 1.29 is 0 Å². The minimum Gasteiger partial charge on any atom is -0.0845 e. The lowest BCUT2D eigenvalue weighted by molar-refractivity contribution is 0.762. The van der Waals surface area contributed by atoms with E-state index in [4.69, 9.17) is 0 Å². The normalized spacial score (nSPS) is 29.9. The van der Waals surface area contributed by atoms with E-state index in [2.05, 4.69) is 48.6 Å². The van der Waals surface area contributed by atoms with Gasteiger partial charge in [0.1, 0.15) is 0 Å². The van der Waals surface area contributed by atoms with Crippen LogP contribution in [-0.2, 0) is 0 Å². The van der Waals surface area contributed by atoms with Gasteiger partial charge in [0.05, 0.1) is 0 Å². The van der Waals surface area contributed by atoms with Crippen molar-refractivity contribution in [1.82, 2.24) is 0 Å². The Labute approximate surface area is 183 Å². The first-order chi connectivity index (χ1) is 15.0. The van der Waals surface area contributed by atoms with Crippen LogP contribution in [-0.4, -0.2) is 0 Å². The van der Waals surface area contributed by atoms with Crippen LogP contribution in [0.3, 0.4) is 0 Å². The lowest BCUT2D eigenvalue weighted by atomic mass is 10.2. The Morgan fingerprint density at radius 1 is 0.200 bits per heavy atom. The minimum atomic E-state index is 1.13. The summed E-state index contributed by atoms with van der Waals surface area (Å²) in [5.41, 5.74) is 0.